The van der Waals surface area contributed by atoms with Gasteiger partial charge < -0.3 is 25.0 Å². The van der Waals surface area contributed by atoms with Gasteiger partial charge in [-0.3, -0.25) is 4.79 Å². The van der Waals surface area contributed by atoms with E-state index in [0.717, 1.165) is 12.1 Å². The van der Waals surface area contributed by atoms with Crippen molar-refractivity contribution in [3.8, 4) is 34.3 Å². The molecule has 1 amide bonds. The van der Waals surface area contributed by atoms with Crippen LogP contribution in [-0.4, -0.2) is 38.9 Å². The number of hydrogen-bond acceptors (Lipinski definition) is 9. The summed E-state index contributed by atoms with van der Waals surface area (Å²) in [7, 11) is 0. The fourth-order valence-electron chi connectivity index (χ4n) is 3.30. The Hall–Kier alpha value is -4.13. The van der Waals surface area contributed by atoms with Gasteiger partial charge in [-0.2, -0.15) is 10.1 Å². The second-order valence-electron chi connectivity index (χ2n) is 7.10. The third-order valence-corrected chi connectivity index (χ3v) is 5.59. The number of thioether (sulfide) groups is 1. The molecule has 2 aromatic heterocycles. The normalized spacial score (nSPS) is 12.2. The van der Waals surface area contributed by atoms with E-state index < -0.39 is 17.5 Å². The molecule has 0 radical (unpaired) electrons. The van der Waals surface area contributed by atoms with Gasteiger partial charge in [0.1, 0.15) is 23.0 Å². The van der Waals surface area contributed by atoms with Crippen LogP contribution >= 0.6 is 11.8 Å². The summed E-state index contributed by atoms with van der Waals surface area (Å²) in [6, 6.07) is 8.31. The summed E-state index contributed by atoms with van der Waals surface area (Å²) in [5, 5.41) is 11.3. The van der Waals surface area contributed by atoms with Gasteiger partial charge in [-0.1, -0.05) is 5.16 Å². The molecule has 3 N–H and O–H groups in total. The quantitative estimate of drug-likeness (QED) is 0.393. The Balaban J connectivity index is 1.38. The number of halogens is 2. The number of ether oxygens (including phenoxy) is 2. The minimum absolute atomic E-state index is 0.102. The first-order chi connectivity index (χ1) is 16.4. The van der Waals surface area contributed by atoms with Crippen molar-refractivity contribution >= 4 is 29.2 Å². The monoisotopic (exact) mass is 486 g/mol. The summed E-state index contributed by atoms with van der Waals surface area (Å²) in [6.45, 7) is -0.131. The van der Waals surface area contributed by atoms with Gasteiger partial charge in [0.2, 0.25) is 18.5 Å². The van der Waals surface area contributed by atoms with Crippen molar-refractivity contribution < 1.29 is 27.6 Å². The van der Waals surface area contributed by atoms with E-state index in [2.05, 4.69) is 20.6 Å². The maximum Gasteiger partial charge on any atom is 0.264 e. The molecule has 174 valence electrons. The van der Waals surface area contributed by atoms with Crippen molar-refractivity contribution in [2.45, 2.75) is 11.6 Å². The Labute approximate surface area is 195 Å². The summed E-state index contributed by atoms with van der Waals surface area (Å²) in [6.07, 6.45) is 1.78. The molecule has 0 saturated carbocycles. The Morgan fingerprint density at radius 2 is 2.00 bits per heavy atom. The van der Waals surface area contributed by atoms with Crippen LogP contribution in [0.1, 0.15) is 0 Å². The smallest absolute Gasteiger partial charge is 0.264 e. The van der Waals surface area contributed by atoms with Crippen molar-refractivity contribution in [2.24, 2.45) is 0 Å². The number of benzene rings is 2. The number of hydrogen-bond donors (Lipinski definition) is 2. The van der Waals surface area contributed by atoms with E-state index in [4.69, 9.17) is 19.7 Å². The molecule has 0 aliphatic carbocycles. The van der Waals surface area contributed by atoms with Gasteiger partial charge in [-0.25, -0.2) is 13.5 Å². The van der Waals surface area contributed by atoms with Crippen LogP contribution < -0.4 is 20.5 Å². The maximum absolute atomic E-state index is 13.4. The summed E-state index contributed by atoms with van der Waals surface area (Å²) in [5.74, 6) is -0.847. The first-order valence-corrected chi connectivity index (χ1v) is 11.0. The number of anilines is 2. The molecule has 0 fully saturated rings. The standard InChI is InChI=1S/C21H16F2N6O4S/c1-34-21-17(20-26-19(28-33-20)10-2-5-14-15(6-10)32-9-31-14)18(24)29(27-21)8-16(30)25-11-3-4-12(22)13(23)7-11/h2-7H,8-9,24H2,1H3,(H,25,30). The van der Waals surface area contributed by atoms with Crippen LogP contribution in [-0.2, 0) is 11.3 Å². The number of aromatic nitrogens is 4. The Kier molecular flexibility index (Phi) is 5.53. The van der Waals surface area contributed by atoms with Gasteiger partial charge in [0, 0.05) is 17.3 Å². The van der Waals surface area contributed by atoms with Crippen LogP contribution in [0.4, 0.5) is 20.3 Å². The number of carbonyl (C=O) groups is 1. The summed E-state index contributed by atoms with van der Waals surface area (Å²) < 4.78 is 43.9. The highest BCUT2D eigenvalue weighted by Gasteiger charge is 2.24. The third-order valence-electron chi connectivity index (χ3n) is 4.92. The zero-order valence-electron chi connectivity index (χ0n) is 17.5. The second-order valence-corrected chi connectivity index (χ2v) is 7.89. The molecule has 5 rings (SSSR count). The number of nitrogens with one attached hydrogen (secondary N) is 1. The van der Waals surface area contributed by atoms with E-state index in [9.17, 15) is 13.6 Å². The van der Waals surface area contributed by atoms with E-state index in [1.165, 1.54) is 22.5 Å². The largest absolute Gasteiger partial charge is 0.454 e. The Bertz CT molecular complexity index is 1410. The summed E-state index contributed by atoms with van der Waals surface area (Å²) in [4.78, 5) is 16.9. The molecule has 1 aliphatic heterocycles. The topological polar surface area (TPSA) is 130 Å². The summed E-state index contributed by atoms with van der Waals surface area (Å²) >= 11 is 1.28. The number of nitrogens with two attached hydrogens (primary N) is 1. The molecule has 34 heavy (non-hydrogen) atoms. The average Bonchev–Trinajstić information content (AvgIpc) is 3.55. The molecule has 0 spiro atoms. The zero-order valence-corrected chi connectivity index (χ0v) is 18.4. The maximum atomic E-state index is 13.4. The van der Waals surface area contributed by atoms with Gasteiger partial charge >= 0.3 is 0 Å². The molecule has 0 unspecified atom stereocenters. The predicted octanol–water partition coefficient (Wildman–Crippen LogP) is 3.55. The first-order valence-electron chi connectivity index (χ1n) is 9.82. The lowest BCUT2D eigenvalue weighted by atomic mass is 10.2. The molecule has 0 bridgehead atoms. The molecule has 4 aromatic rings. The highest BCUT2D eigenvalue weighted by atomic mass is 32.2. The van der Waals surface area contributed by atoms with Crippen LogP contribution in [0.15, 0.2) is 45.9 Å². The van der Waals surface area contributed by atoms with Gasteiger partial charge in [0.05, 0.1) is 0 Å². The van der Waals surface area contributed by atoms with Crippen LogP contribution in [0.2, 0.25) is 0 Å². The van der Waals surface area contributed by atoms with Crippen molar-refractivity contribution in [3.63, 3.8) is 0 Å². The first kappa shape index (κ1) is 21.7. The number of carbonyl (C=O) groups excluding carboxylic acids is 1. The minimum Gasteiger partial charge on any atom is -0.454 e. The molecular weight excluding hydrogens is 470 g/mol. The Morgan fingerprint density at radius 3 is 2.79 bits per heavy atom. The van der Waals surface area contributed by atoms with Crippen LogP contribution in [0.3, 0.4) is 0 Å². The second kappa shape index (κ2) is 8.67. The van der Waals surface area contributed by atoms with E-state index in [-0.39, 0.29) is 30.7 Å². The molecule has 2 aromatic carbocycles. The fourth-order valence-corrected chi connectivity index (χ4v) is 3.88. The number of amides is 1. The third kappa shape index (κ3) is 4.01. The van der Waals surface area contributed by atoms with Crippen molar-refractivity contribution in [1.82, 2.24) is 19.9 Å². The molecule has 10 nitrogen and oxygen atoms in total. The van der Waals surface area contributed by atoms with Crippen LogP contribution in [0.5, 0.6) is 11.5 Å². The molecule has 0 saturated heterocycles. The number of rotatable bonds is 6. The lowest BCUT2D eigenvalue weighted by Gasteiger charge is -2.07. The van der Waals surface area contributed by atoms with Gasteiger partial charge in [-0.05, 0) is 36.6 Å². The van der Waals surface area contributed by atoms with E-state index in [1.807, 2.05) is 0 Å². The zero-order chi connectivity index (χ0) is 23.8. The van der Waals surface area contributed by atoms with Crippen molar-refractivity contribution in [3.05, 3.63) is 48.0 Å². The highest BCUT2D eigenvalue weighted by molar-refractivity contribution is 7.98. The predicted molar refractivity (Wildman–Crippen MR) is 118 cm³/mol. The van der Waals surface area contributed by atoms with E-state index >= 15 is 0 Å². The SMILES string of the molecule is CSc1nn(CC(=O)Nc2ccc(F)c(F)c2)c(N)c1-c1nc(-c2ccc3c(c2)OCO3)no1. The molecule has 1 aliphatic rings. The molecular formula is C21H16F2N6O4S. The van der Waals surface area contributed by atoms with Gasteiger partial charge in [0.25, 0.3) is 5.89 Å². The van der Waals surface area contributed by atoms with E-state index in [1.54, 1.807) is 24.5 Å². The van der Waals surface area contributed by atoms with Gasteiger partial charge in [-0.15, -0.1) is 11.8 Å². The summed E-state index contributed by atoms with van der Waals surface area (Å²) in [5.41, 5.74) is 7.39. The number of nitrogen functional groups attached to an aromatic ring is 1. The van der Waals surface area contributed by atoms with Gasteiger partial charge in [0.15, 0.2) is 23.1 Å². The number of fused-ring (bicyclic) bond motifs is 1. The lowest BCUT2D eigenvalue weighted by Crippen LogP contribution is -2.20. The lowest BCUT2D eigenvalue weighted by molar-refractivity contribution is -0.116. The molecule has 3 heterocycles. The number of nitrogens with zero attached hydrogens (tertiary/aromatic N) is 4. The van der Waals surface area contributed by atoms with Crippen LogP contribution in [0.25, 0.3) is 22.8 Å². The molecule has 0 atom stereocenters. The molecule has 13 heteroatoms. The minimum atomic E-state index is -1.07. The van der Waals surface area contributed by atoms with Crippen LogP contribution in [0, 0.1) is 11.6 Å². The van der Waals surface area contributed by atoms with Crippen molar-refractivity contribution in [2.75, 3.05) is 24.1 Å². The fraction of sp³-hybridized carbons (Fsp3) is 0.143. The van der Waals surface area contributed by atoms with Crippen molar-refractivity contribution in [1.29, 1.82) is 0 Å². The van der Waals surface area contributed by atoms with E-state index in [0.29, 0.717) is 33.5 Å². The highest BCUT2D eigenvalue weighted by Crippen LogP contribution is 2.37. The average molecular weight is 486 g/mol. The Morgan fingerprint density at radius 1 is 1.18 bits per heavy atom.